The van der Waals surface area contributed by atoms with Gasteiger partial charge in [-0.05, 0) is 31.0 Å². The van der Waals surface area contributed by atoms with E-state index in [4.69, 9.17) is 10.2 Å². The summed E-state index contributed by atoms with van der Waals surface area (Å²) >= 11 is 0. The van der Waals surface area contributed by atoms with Crippen LogP contribution in [0.1, 0.15) is 11.1 Å². The van der Waals surface area contributed by atoms with Crippen LogP contribution in [0, 0.1) is 13.8 Å². The summed E-state index contributed by atoms with van der Waals surface area (Å²) in [5, 5.41) is 20.9. The fourth-order valence-corrected chi connectivity index (χ4v) is 1.23. The lowest BCUT2D eigenvalue weighted by Gasteiger charge is -2.13. The molecule has 0 aliphatic carbocycles. The quantitative estimate of drug-likeness (QED) is 0.673. The maximum Gasteiger partial charge on any atom is 0.0942 e. The highest BCUT2D eigenvalue weighted by Crippen LogP contribution is 2.17. The molecule has 0 bridgehead atoms. The lowest BCUT2D eigenvalue weighted by Crippen LogP contribution is -2.23. The van der Waals surface area contributed by atoms with E-state index in [0.29, 0.717) is 6.54 Å². The molecule has 1 aromatic carbocycles. The van der Waals surface area contributed by atoms with Crippen molar-refractivity contribution in [2.75, 3.05) is 18.5 Å². The zero-order chi connectivity index (χ0) is 10.6. The molecular formula is C11H17NO2. The topological polar surface area (TPSA) is 52.5 Å². The van der Waals surface area contributed by atoms with Gasteiger partial charge in [0.1, 0.15) is 0 Å². The van der Waals surface area contributed by atoms with Gasteiger partial charge < -0.3 is 15.5 Å². The van der Waals surface area contributed by atoms with Crippen molar-refractivity contribution in [1.29, 1.82) is 0 Å². The molecule has 0 radical (unpaired) electrons. The number of nitrogens with one attached hydrogen (secondary N) is 1. The second kappa shape index (κ2) is 4.98. The van der Waals surface area contributed by atoms with Crippen LogP contribution in [0.15, 0.2) is 18.2 Å². The van der Waals surface area contributed by atoms with Crippen LogP contribution in [-0.2, 0) is 0 Å². The predicted molar refractivity (Wildman–Crippen MR) is 57.5 cm³/mol. The summed E-state index contributed by atoms with van der Waals surface area (Å²) < 4.78 is 0. The average molecular weight is 195 g/mol. The van der Waals surface area contributed by atoms with Gasteiger partial charge in [0.2, 0.25) is 0 Å². The van der Waals surface area contributed by atoms with Crippen LogP contribution in [0.2, 0.25) is 0 Å². The minimum atomic E-state index is -0.699. The number of aliphatic hydroxyl groups excluding tert-OH is 2. The molecule has 0 aliphatic heterocycles. The maximum atomic E-state index is 9.17. The molecular weight excluding hydrogens is 178 g/mol. The Morgan fingerprint density at radius 2 is 2.07 bits per heavy atom. The normalized spacial score (nSPS) is 12.6. The number of aliphatic hydroxyl groups is 2. The van der Waals surface area contributed by atoms with Gasteiger partial charge >= 0.3 is 0 Å². The van der Waals surface area contributed by atoms with Gasteiger partial charge in [-0.25, -0.2) is 0 Å². The Labute approximate surface area is 84.4 Å². The van der Waals surface area contributed by atoms with Gasteiger partial charge in [-0.3, -0.25) is 0 Å². The fraction of sp³-hybridized carbons (Fsp3) is 0.455. The zero-order valence-corrected chi connectivity index (χ0v) is 8.62. The standard InChI is InChI=1S/C11H17NO2/c1-8-4-3-5-11(9(8)2)12-6-10(14)7-13/h3-5,10,12-14H,6-7H2,1-2H3. The molecule has 3 heteroatoms. The van der Waals surface area contributed by atoms with Gasteiger partial charge in [0.15, 0.2) is 0 Å². The van der Waals surface area contributed by atoms with E-state index in [1.165, 1.54) is 11.1 Å². The van der Waals surface area contributed by atoms with Crippen LogP contribution in [0.3, 0.4) is 0 Å². The van der Waals surface area contributed by atoms with E-state index in [9.17, 15) is 0 Å². The van der Waals surface area contributed by atoms with E-state index < -0.39 is 6.10 Å². The molecule has 0 amide bonds. The smallest absolute Gasteiger partial charge is 0.0942 e. The third-order valence-corrected chi connectivity index (χ3v) is 2.34. The van der Waals surface area contributed by atoms with Crippen LogP contribution in [0.5, 0.6) is 0 Å². The van der Waals surface area contributed by atoms with Crippen molar-refractivity contribution in [3.8, 4) is 0 Å². The van der Waals surface area contributed by atoms with Crippen LogP contribution in [0.25, 0.3) is 0 Å². The number of hydrogen-bond acceptors (Lipinski definition) is 3. The summed E-state index contributed by atoms with van der Waals surface area (Å²) in [6.45, 7) is 4.24. The van der Waals surface area contributed by atoms with Crippen LogP contribution in [-0.4, -0.2) is 29.5 Å². The molecule has 3 N–H and O–H groups in total. The summed E-state index contributed by atoms with van der Waals surface area (Å²) in [6.07, 6.45) is -0.699. The first-order valence-corrected chi connectivity index (χ1v) is 4.74. The monoisotopic (exact) mass is 195 g/mol. The van der Waals surface area contributed by atoms with E-state index in [2.05, 4.69) is 5.32 Å². The van der Waals surface area contributed by atoms with Crippen molar-refractivity contribution in [3.63, 3.8) is 0 Å². The van der Waals surface area contributed by atoms with Crippen molar-refractivity contribution in [2.45, 2.75) is 20.0 Å². The number of benzene rings is 1. The average Bonchev–Trinajstić information content (AvgIpc) is 2.20. The first-order chi connectivity index (χ1) is 6.65. The van der Waals surface area contributed by atoms with Crippen molar-refractivity contribution >= 4 is 5.69 Å². The Morgan fingerprint density at radius 1 is 1.36 bits per heavy atom. The molecule has 78 valence electrons. The summed E-state index contributed by atoms with van der Waals surface area (Å²) in [7, 11) is 0. The van der Waals surface area contributed by atoms with Gasteiger partial charge in [-0.2, -0.15) is 0 Å². The third kappa shape index (κ3) is 2.72. The molecule has 0 aromatic heterocycles. The Morgan fingerprint density at radius 3 is 2.71 bits per heavy atom. The van der Waals surface area contributed by atoms with Gasteiger partial charge in [-0.15, -0.1) is 0 Å². The molecule has 1 unspecified atom stereocenters. The van der Waals surface area contributed by atoms with Crippen LogP contribution in [0.4, 0.5) is 5.69 Å². The second-order valence-electron chi connectivity index (χ2n) is 3.46. The number of aryl methyl sites for hydroxylation is 1. The Bertz CT molecular complexity index is 299. The number of hydrogen-bond donors (Lipinski definition) is 3. The minimum Gasteiger partial charge on any atom is -0.394 e. The SMILES string of the molecule is Cc1cccc(NCC(O)CO)c1C. The lowest BCUT2D eigenvalue weighted by molar-refractivity contribution is 0.105. The minimum absolute atomic E-state index is 0.210. The van der Waals surface area contributed by atoms with Crippen molar-refractivity contribution < 1.29 is 10.2 Å². The summed E-state index contributed by atoms with van der Waals surface area (Å²) in [5.74, 6) is 0. The zero-order valence-electron chi connectivity index (χ0n) is 8.62. The molecule has 0 fully saturated rings. The van der Waals surface area contributed by atoms with Gasteiger partial charge in [0, 0.05) is 12.2 Å². The maximum absolute atomic E-state index is 9.17. The first kappa shape index (κ1) is 11.0. The molecule has 0 saturated heterocycles. The molecule has 0 spiro atoms. The van der Waals surface area contributed by atoms with E-state index in [1.807, 2.05) is 32.0 Å². The largest absolute Gasteiger partial charge is 0.394 e. The first-order valence-electron chi connectivity index (χ1n) is 4.74. The lowest BCUT2D eigenvalue weighted by atomic mass is 10.1. The van der Waals surface area contributed by atoms with E-state index in [-0.39, 0.29) is 6.61 Å². The highest BCUT2D eigenvalue weighted by Gasteiger charge is 2.03. The molecule has 0 aliphatic rings. The highest BCUT2D eigenvalue weighted by molar-refractivity contribution is 5.53. The van der Waals surface area contributed by atoms with Gasteiger partial charge in [0.05, 0.1) is 12.7 Å². The second-order valence-corrected chi connectivity index (χ2v) is 3.46. The predicted octanol–water partition coefficient (Wildman–Crippen LogP) is 1.07. The van der Waals surface area contributed by atoms with Gasteiger partial charge in [-0.1, -0.05) is 12.1 Å². The number of anilines is 1. The fourth-order valence-electron chi connectivity index (χ4n) is 1.23. The van der Waals surface area contributed by atoms with Crippen molar-refractivity contribution in [3.05, 3.63) is 29.3 Å². The number of rotatable bonds is 4. The molecule has 0 heterocycles. The van der Waals surface area contributed by atoms with E-state index in [1.54, 1.807) is 0 Å². The van der Waals surface area contributed by atoms with Crippen LogP contribution < -0.4 is 5.32 Å². The highest BCUT2D eigenvalue weighted by atomic mass is 16.3. The molecule has 1 aromatic rings. The van der Waals surface area contributed by atoms with Crippen molar-refractivity contribution in [1.82, 2.24) is 0 Å². The molecule has 14 heavy (non-hydrogen) atoms. The van der Waals surface area contributed by atoms with Crippen LogP contribution >= 0.6 is 0 Å². The molecule has 1 rings (SSSR count). The summed E-state index contributed by atoms with van der Waals surface area (Å²) in [5.41, 5.74) is 3.41. The molecule has 0 saturated carbocycles. The van der Waals surface area contributed by atoms with E-state index >= 15 is 0 Å². The summed E-state index contributed by atoms with van der Waals surface area (Å²) in [4.78, 5) is 0. The Hall–Kier alpha value is -1.06. The Balaban J connectivity index is 2.63. The van der Waals surface area contributed by atoms with E-state index in [0.717, 1.165) is 5.69 Å². The Kier molecular flexibility index (Phi) is 3.92. The molecule has 1 atom stereocenters. The third-order valence-electron chi connectivity index (χ3n) is 2.34. The molecule has 3 nitrogen and oxygen atoms in total. The van der Waals surface area contributed by atoms with Gasteiger partial charge in [0.25, 0.3) is 0 Å². The summed E-state index contributed by atoms with van der Waals surface area (Å²) in [6, 6.07) is 5.98. The van der Waals surface area contributed by atoms with Crippen molar-refractivity contribution in [2.24, 2.45) is 0 Å².